The van der Waals surface area contributed by atoms with Gasteiger partial charge >= 0.3 is 0 Å². The van der Waals surface area contributed by atoms with E-state index in [4.69, 9.17) is 5.73 Å². The molecule has 3 nitrogen and oxygen atoms in total. The standard InChI is InChI=1S/C15H23N3/c1-13-8-11-18(12-9-13)15(16)17-10-7-14-5-3-2-4-6-14/h2-6,13H,7-12H2,1H3,(H2,16,17). The normalized spacial score (nSPS) is 18.1. The quantitative estimate of drug-likeness (QED) is 0.655. The fourth-order valence-electron chi connectivity index (χ4n) is 2.28. The van der Waals surface area contributed by atoms with Crippen molar-refractivity contribution in [2.75, 3.05) is 19.6 Å². The minimum absolute atomic E-state index is 0.720. The number of nitrogens with zero attached hydrogens (tertiary/aromatic N) is 2. The zero-order valence-electron chi connectivity index (χ0n) is 11.2. The number of hydrogen-bond acceptors (Lipinski definition) is 1. The largest absolute Gasteiger partial charge is 0.370 e. The highest BCUT2D eigenvalue weighted by Gasteiger charge is 2.16. The summed E-state index contributed by atoms with van der Waals surface area (Å²) in [6, 6.07) is 10.4. The summed E-state index contributed by atoms with van der Waals surface area (Å²) in [7, 11) is 0. The lowest BCUT2D eigenvalue weighted by atomic mass is 10.00. The van der Waals surface area contributed by atoms with Gasteiger partial charge in [0.1, 0.15) is 0 Å². The number of nitrogens with two attached hydrogens (primary N) is 1. The average molecular weight is 245 g/mol. The van der Waals surface area contributed by atoms with Gasteiger partial charge in [-0.1, -0.05) is 37.3 Å². The molecule has 0 aromatic heterocycles. The summed E-state index contributed by atoms with van der Waals surface area (Å²) in [5, 5.41) is 0. The summed E-state index contributed by atoms with van der Waals surface area (Å²) >= 11 is 0. The Kier molecular flexibility index (Phi) is 4.62. The SMILES string of the molecule is CC1CCN(C(N)=NCCc2ccccc2)CC1. The van der Waals surface area contributed by atoms with Gasteiger partial charge in [0.15, 0.2) is 5.96 Å². The van der Waals surface area contributed by atoms with Crippen LogP contribution < -0.4 is 5.73 Å². The molecule has 1 fully saturated rings. The van der Waals surface area contributed by atoms with Crippen molar-refractivity contribution >= 4 is 5.96 Å². The second kappa shape index (κ2) is 6.43. The van der Waals surface area contributed by atoms with Crippen LogP contribution in [0.5, 0.6) is 0 Å². The van der Waals surface area contributed by atoms with E-state index in [0.717, 1.165) is 37.9 Å². The van der Waals surface area contributed by atoms with Crippen molar-refractivity contribution in [2.24, 2.45) is 16.6 Å². The summed E-state index contributed by atoms with van der Waals surface area (Å²) < 4.78 is 0. The minimum Gasteiger partial charge on any atom is -0.370 e. The Morgan fingerprint density at radius 1 is 1.28 bits per heavy atom. The van der Waals surface area contributed by atoms with Gasteiger partial charge in [-0.05, 0) is 30.7 Å². The molecule has 0 amide bonds. The van der Waals surface area contributed by atoms with Gasteiger partial charge in [-0.25, -0.2) is 0 Å². The second-order valence-corrected chi connectivity index (χ2v) is 5.15. The lowest BCUT2D eigenvalue weighted by molar-refractivity contribution is 0.277. The molecule has 1 heterocycles. The molecule has 3 heteroatoms. The summed E-state index contributed by atoms with van der Waals surface area (Å²) in [4.78, 5) is 6.70. The first-order chi connectivity index (χ1) is 8.75. The van der Waals surface area contributed by atoms with Gasteiger partial charge in [0, 0.05) is 19.6 Å². The van der Waals surface area contributed by atoms with Crippen LogP contribution in [0.3, 0.4) is 0 Å². The van der Waals surface area contributed by atoms with E-state index in [1.807, 2.05) is 6.07 Å². The molecule has 0 saturated carbocycles. The second-order valence-electron chi connectivity index (χ2n) is 5.15. The molecule has 98 valence electrons. The maximum Gasteiger partial charge on any atom is 0.191 e. The monoisotopic (exact) mass is 245 g/mol. The van der Waals surface area contributed by atoms with Crippen molar-refractivity contribution in [3.63, 3.8) is 0 Å². The van der Waals surface area contributed by atoms with E-state index >= 15 is 0 Å². The third-order valence-electron chi connectivity index (χ3n) is 3.62. The summed E-state index contributed by atoms with van der Waals surface area (Å²) in [6.07, 6.45) is 3.43. The molecule has 0 atom stereocenters. The van der Waals surface area contributed by atoms with Crippen molar-refractivity contribution in [3.8, 4) is 0 Å². The number of likely N-dealkylation sites (tertiary alicyclic amines) is 1. The number of guanidine groups is 1. The van der Waals surface area contributed by atoms with Crippen LogP contribution in [0.15, 0.2) is 35.3 Å². The van der Waals surface area contributed by atoms with E-state index in [-0.39, 0.29) is 0 Å². The van der Waals surface area contributed by atoms with Crippen molar-refractivity contribution in [1.29, 1.82) is 0 Å². The number of piperidine rings is 1. The van der Waals surface area contributed by atoms with Crippen molar-refractivity contribution in [3.05, 3.63) is 35.9 Å². The molecule has 0 aliphatic carbocycles. The van der Waals surface area contributed by atoms with Crippen molar-refractivity contribution in [1.82, 2.24) is 4.90 Å². The Hall–Kier alpha value is -1.51. The molecule has 1 aliphatic heterocycles. The van der Waals surface area contributed by atoms with Gasteiger partial charge in [0.05, 0.1) is 0 Å². The van der Waals surface area contributed by atoms with Gasteiger partial charge in [0.25, 0.3) is 0 Å². The topological polar surface area (TPSA) is 41.6 Å². The summed E-state index contributed by atoms with van der Waals surface area (Å²) in [6.45, 7) is 5.20. The van der Waals surface area contributed by atoms with E-state index in [9.17, 15) is 0 Å². The predicted octanol–water partition coefficient (Wildman–Crippen LogP) is 2.28. The van der Waals surface area contributed by atoms with Crippen LogP contribution in [0.25, 0.3) is 0 Å². The van der Waals surface area contributed by atoms with Crippen molar-refractivity contribution < 1.29 is 0 Å². The zero-order valence-corrected chi connectivity index (χ0v) is 11.2. The molecule has 1 aromatic carbocycles. The van der Waals surface area contributed by atoms with E-state index in [0.29, 0.717) is 0 Å². The molecule has 1 saturated heterocycles. The van der Waals surface area contributed by atoms with Crippen molar-refractivity contribution in [2.45, 2.75) is 26.2 Å². The highest BCUT2D eigenvalue weighted by Crippen LogP contribution is 2.15. The fraction of sp³-hybridized carbons (Fsp3) is 0.533. The summed E-state index contributed by atoms with van der Waals surface area (Å²) in [5.41, 5.74) is 7.35. The summed E-state index contributed by atoms with van der Waals surface area (Å²) in [5.74, 6) is 1.55. The molecule has 18 heavy (non-hydrogen) atoms. The minimum atomic E-state index is 0.720. The highest BCUT2D eigenvalue weighted by atomic mass is 15.3. The first-order valence-electron chi connectivity index (χ1n) is 6.84. The molecule has 2 N–H and O–H groups in total. The van der Waals surface area contributed by atoms with Crippen LogP contribution in [0, 0.1) is 5.92 Å². The van der Waals surface area contributed by atoms with Gasteiger partial charge in [-0.15, -0.1) is 0 Å². The Bertz CT molecular complexity index is 378. The highest BCUT2D eigenvalue weighted by molar-refractivity contribution is 5.78. The molecule has 0 bridgehead atoms. The van der Waals surface area contributed by atoms with Gasteiger partial charge in [0.2, 0.25) is 0 Å². The molecular formula is C15H23N3. The van der Waals surface area contributed by atoms with E-state index < -0.39 is 0 Å². The third-order valence-corrected chi connectivity index (χ3v) is 3.62. The van der Waals surface area contributed by atoms with Crippen LogP contribution in [0.1, 0.15) is 25.3 Å². The number of rotatable bonds is 3. The van der Waals surface area contributed by atoms with Crippen LogP contribution in [-0.4, -0.2) is 30.5 Å². The Labute approximate surface area is 110 Å². The number of hydrogen-bond donors (Lipinski definition) is 1. The molecule has 1 aromatic rings. The van der Waals surface area contributed by atoms with Crippen LogP contribution in [-0.2, 0) is 6.42 Å². The van der Waals surface area contributed by atoms with Crippen LogP contribution in [0.2, 0.25) is 0 Å². The van der Waals surface area contributed by atoms with Crippen LogP contribution >= 0.6 is 0 Å². The third kappa shape index (κ3) is 3.76. The first kappa shape index (κ1) is 12.9. The maximum atomic E-state index is 6.03. The van der Waals surface area contributed by atoms with E-state index in [1.54, 1.807) is 0 Å². The zero-order chi connectivity index (χ0) is 12.8. The smallest absolute Gasteiger partial charge is 0.191 e. The fourth-order valence-corrected chi connectivity index (χ4v) is 2.28. The van der Waals surface area contributed by atoms with Gasteiger partial charge in [-0.2, -0.15) is 0 Å². The molecular weight excluding hydrogens is 222 g/mol. The Balaban J connectivity index is 1.78. The number of benzene rings is 1. The lowest BCUT2D eigenvalue weighted by Gasteiger charge is -2.31. The lowest BCUT2D eigenvalue weighted by Crippen LogP contribution is -2.42. The Morgan fingerprint density at radius 3 is 2.61 bits per heavy atom. The molecule has 0 radical (unpaired) electrons. The van der Waals surface area contributed by atoms with E-state index in [1.165, 1.54) is 18.4 Å². The van der Waals surface area contributed by atoms with Crippen LogP contribution in [0.4, 0.5) is 0 Å². The molecule has 0 spiro atoms. The predicted molar refractivity (Wildman–Crippen MR) is 76.6 cm³/mol. The van der Waals surface area contributed by atoms with Gasteiger partial charge < -0.3 is 10.6 Å². The molecule has 0 unspecified atom stereocenters. The van der Waals surface area contributed by atoms with E-state index in [2.05, 4.69) is 41.1 Å². The molecule has 2 rings (SSSR count). The number of aliphatic imine (C=N–C) groups is 1. The average Bonchev–Trinajstić information content (AvgIpc) is 2.40. The Morgan fingerprint density at radius 2 is 1.94 bits per heavy atom. The maximum absolute atomic E-state index is 6.03. The first-order valence-corrected chi connectivity index (χ1v) is 6.84. The van der Waals surface area contributed by atoms with Gasteiger partial charge in [-0.3, -0.25) is 4.99 Å². The molecule has 1 aliphatic rings.